The number of benzene rings is 2. The van der Waals surface area contributed by atoms with Crippen LogP contribution in [0.5, 0.6) is 11.5 Å². The van der Waals surface area contributed by atoms with Crippen LogP contribution in [0.1, 0.15) is 11.1 Å². The molecule has 0 unspecified atom stereocenters. The van der Waals surface area contributed by atoms with Crippen LogP contribution in [-0.4, -0.2) is 65.7 Å². The van der Waals surface area contributed by atoms with Crippen LogP contribution in [0.15, 0.2) is 46.2 Å². The van der Waals surface area contributed by atoms with Crippen LogP contribution in [0.4, 0.5) is 0 Å². The first-order valence-corrected chi connectivity index (χ1v) is 12.4. The number of ether oxygens (including phenoxy) is 1. The molecule has 10 heteroatoms. The maximum absolute atomic E-state index is 13.4. The molecule has 0 aromatic heterocycles. The van der Waals surface area contributed by atoms with E-state index in [1.165, 1.54) is 36.6 Å². The number of rotatable bonds is 6. The van der Waals surface area contributed by atoms with E-state index in [9.17, 15) is 16.8 Å². The maximum atomic E-state index is 13.4. The van der Waals surface area contributed by atoms with Crippen molar-refractivity contribution in [2.45, 2.75) is 23.6 Å². The molecule has 1 aliphatic rings. The van der Waals surface area contributed by atoms with E-state index >= 15 is 0 Å². The lowest BCUT2D eigenvalue weighted by atomic mass is 10.1. The average molecular weight is 454 g/mol. The van der Waals surface area contributed by atoms with Gasteiger partial charge in [-0.3, -0.25) is 0 Å². The monoisotopic (exact) mass is 453 g/mol. The summed E-state index contributed by atoms with van der Waals surface area (Å²) >= 11 is 0. The second-order valence-electron chi connectivity index (χ2n) is 7.48. The maximum Gasteiger partial charge on any atom is 0.246 e. The zero-order valence-corrected chi connectivity index (χ0v) is 19.2. The highest BCUT2D eigenvalue weighted by Gasteiger charge is 2.31. The standard InChI is InChI=1S/C20H27N3O5S2/c1-15-11-16(2)13-17(12-15)28-19-6-5-18(29(24,25)22(3)4)14-20(19)30(26,27)23-9-7-21-8-10-23/h5-6,11-14,21H,7-10H2,1-4H3. The molecule has 1 heterocycles. The summed E-state index contributed by atoms with van der Waals surface area (Å²) in [5.74, 6) is 0.587. The first-order chi connectivity index (χ1) is 14.0. The smallest absolute Gasteiger partial charge is 0.246 e. The topological polar surface area (TPSA) is 96.0 Å². The van der Waals surface area contributed by atoms with Crippen LogP contribution in [0, 0.1) is 13.8 Å². The Hall–Kier alpha value is -1.98. The number of hydrogen-bond donors (Lipinski definition) is 1. The zero-order valence-electron chi connectivity index (χ0n) is 17.5. The van der Waals surface area contributed by atoms with E-state index in [0.717, 1.165) is 15.4 Å². The van der Waals surface area contributed by atoms with Gasteiger partial charge < -0.3 is 10.1 Å². The summed E-state index contributed by atoms with van der Waals surface area (Å²) < 4.78 is 60.4. The summed E-state index contributed by atoms with van der Waals surface area (Å²) in [7, 11) is -4.96. The molecular weight excluding hydrogens is 426 g/mol. The van der Waals surface area contributed by atoms with Gasteiger partial charge in [-0.15, -0.1) is 0 Å². The van der Waals surface area contributed by atoms with Gasteiger partial charge >= 0.3 is 0 Å². The van der Waals surface area contributed by atoms with Crippen molar-refractivity contribution >= 4 is 20.0 Å². The Morgan fingerprint density at radius 3 is 2.10 bits per heavy atom. The molecule has 0 radical (unpaired) electrons. The highest BCUT2D eigenvalue weighted by molar-refractivity contribution is 7.90. The Labute approximate surface area is 178 Å². The lowest BCUT2D eigenvalue weighted by Crippen LogP contribution is -2.46. The molecule has 30 heavy (non-hydrogen) atoms. The fourth-order valence-corrected chi connectivity index (χ4v) is 5.87. The average Bonchev–Trinajstić information content (AvgIpc) is 2.67. The largest absolute Gasteiger partial charge is 0.456 e. The Morgan fingerprint density at radius 2 is 1.53 bits per heavy atom. The number of nitrogens with one attached hydrogen (secondary N) is 1. The molecule has 8 nitrogen and oxygen atoms in total. The van der Waals surface area contributed by atoms with Gasteiger partial charge in [0.05, 0.1) is 4.90 Å². The molecule has 1 aliphatic heterocycles. The molecule has 3 rings (SSSR count). The number of aryl methyl sites for hydroxylation is 2. The van der Waals surface area contributed by atoms with Crippen LogP contribution in [0.2, 0.25) is 0 Å². The van der Waals surface area contributed by atoms with Crippen molar-refractivity contribution in [2.24, 2.45) is 0 Å². The van der Waals surface area contributed by atoms with Gasteiger partial charge in [-0.2, -0.15) is 4.31 Å². The minimum absolute atomic E-state index is 0.0937. The number of hydrogen-bond acceptors (Lipinski definition) is 6. The Kier molecular flexibility index (Phi) is 6.54. The van der Waals surface area contributed by atoms with Gasteiger partial charge in [0, 0.05) is 40.3 Å². The van der Waals surface area contributed by atoms with E-state index < -0.39 is 20.0 Å². The summed E-state index contributed by atoms with van der Waals surface area (Å²) in [5.41, 5.74) is 1.95. The molecule has 0 saturated carbocycles. The third-order valence-electron chi connectivity index (χ3n) is 4.81. The second kappa shape index (κ2) is 8.64. The van der Waals surface area contributed by atoms with Gasteiger partial charge in [-0.1, -0.05) is 6.07 Å². The highest BCUT2D eigenvalue weighted by atomic mass is 32.2. The predicted octanol–water partition coefficient (Wildman–Crippen LogP) is 1.94. The third kappa shape index (κ3) is 4.68. The summed E-state index contributed by atoms with van der Waals surface area (Å²) in [4.78, 5) is -0.263. The van der Waals surface area contributed by atoms with E-state index in [4.69, 9.17) is 4.74 Å². The van der Waals surface area contributed by atoms with Crippen molar-refractivity contribution in [3.8, 4) is 11.5 Å². The third-order valence-corrected chi connectivity index (χ3v) is 8.54. The summed E-state index contributed by atoms with van der Waals surface area (Å²) in [5, 5.41) is 3.12. The summed E-state index contributed by atoms with van der Waals surface area (Å²) in [6.07, 6.45) is 0. The predicted molar refractivity (Wildman–Crippen MR) is 115 cm³/mol. The summed E-state index contributed by atoms with van der Waals surface area (Å²) in [6, 6.07) is 9.55. The Balaban J connectivity index is 2.14. The van der Waals surface area contributed by atoms with Crippen LogP contribution in [0.25, 0.3) is 0 Å². The van der Waals surface area contributed by atoms with Gasteiger partial charge in [0.1, 0.15) is 16.4 Å². The molecule has 2 aromatic rings. The Morgan fingerprint density at radius 1 is 0.933 bits per heavy atom. The van der Waals surface area contributed by atoms with E-state index in [2.05, 4.69) is 5.32 Å². The van der Waals surface area contributed by atoms with Crippen LogP contribution < -0.4 is 10.1 Å². The van der Waals surface area contributed by atoms with Gasteiger partial charge in [0.15, 0.2) is 0 Å². The second-order valence-corrected chi connectivity index (χ2v) is 11.5. The van der Waals surface area contributed by atoms with Gasteiger partial charge in [-0.05, 0) is 55.3 Å². The van der Waals surface area contributed by atoms with Crippen molar-refractivity contribution in [1.82, 2.24) is 13.9 Å². The molecule has 0 aliphatic carbocycles. The molecule has 2 aromatic carbocycles. The van der Waals surface area contributed by atoms with Gasteiger partial charge in [0.25, 0.3) is 0 Å². The molecule has 1 N–H and O–H groups in total. The number of piperazine rings is 1. The summed E-state index contributed by atoms with van der Waals surface area (Å²) in [6.45, 7) is 5.51. The number of nitrogens with zero attached hydrogens (tertiary/aromatic N) is 2. The first-order valence-electron chi connectivity index (χ1n) is 9.55. The quantitative estimate of drug-likeness (QED) is 0.718. The van der Waals surface area contributed by atoms with Crippen molar-refractivity contribution in [2.75, 3.05) is 40.3 Å². The Bertz CT molecular complexity index is 1120. The van der Waals surface area contributed by atoms with Crippen LogP contribution >= 0.6 is 0 Å². The van der Waals surface area contributed by atoms with Crippen molar-refractivity contribution in [3.05, 3.63) is 47.5 Å². The number of sulfonamides is 2. The minimum Gasteiger partial charge on any atom is -0.456 e. The molecular formula is C20H27N3O5S2. The molecule has 0 atom stereocenters. The molecule has 0 spiro atoms. The SMILES string of the molecule is Cc1cc(C)cc(Oc2ccc(S(=O)(=O)N(C)C)cc2S(=O)(=O)N2CCNCC2)c1. The van der Waals surface area contributed by atoms with Crippen LogP contribution in [-0.2, 0) is 20.0 Å². The van der Waals surface area contributed by atoms with E-state index in [1.54, 1.807) is 12.1 Å². The first kappa shape index (κ1) is 22.7. The van der Waals surface area contributed by atoms with Crippen LogP contribution in [0.3, 0.4) is 0 Å². The van der Waals surface area contributed by atoms with Gasteiger partial charge in [0.2, 0.25) is 20.0 Å². The fraction of sp³-hybridized carbons (Fsp3) is 0.400. The van der Waals surface area contributed by atoms with E-state index in [1.807, 2.05) is 19.9 Å². The lowest BCUT2D eigenvalue weighted by Gasteiger charge is -2.27. The van der Waals surface area contributed by atoms with E-state index in [-0.39, 0.29) is 15.5 Å². The highest BCUT2D eigenvalue weighted by Crippen LogP contribution is 2.34. The van der Waals surface area contributed by atoms with Crippen molar-refractivity contribution < 1.29 is 21.6 Å². The van der Waals surface area contributed by atoms with Crippen molar-refractivity contribution in [1.29, 1.82) is 0 Å². The lowest BCUT2D eigenvalue weighted by molar-refractivity contribution is 0.358. The minimum atomic E-state index is -3.96. The normalized spacial score (nSPS) is 16.0. The fourth-order valence-electron chi connectivity index (χ4n) is 3.29. The van der Waals surface area contributed by atoms with Crippen molar-refractivity contribution in [3.63, 3.8) is 0 Å². The molecule has 164 valence electrons. The van der Waals surface area contributed by atoms with E-state index in [0.29, 0.717) is 31.9 Å². The molecule has 1 saturated heterocycles. The van der Waals surface area contributed by atoms with Gasteiger partial charge in [-0.25, -0.2) is 21.1 Å². The molecule has 1 fully saturated rings. The zero-order chi connectivity index (χ0) is 22.1. The molecule has 0 amide bonds. The molecule has 0 bridgehead atoms.